The van der Waals surface area contributed by atoms with Crippen molar-refractivity contribution in [2.45, 2.75) is 0 Å². The number of allylic oxidation sites excluding steroid dienone is 1. The molecular weight excluding hydrogens is 194 g/mol. The number of ketones is 1. The summed E-state index contributed by atoms with van der Waals surface area (Å²) in [7, 11) is 0. The molecule has 0 amide bonds. The largest absolute Gasteiger partial charge is 0.478 e. The number of carboxylic acid groups (broad SMARTS) is 1. The fourth-order valence-electron chi connectivity index (χ4n) is 0.952. The van der Waals surface area contributed by atoms with Gasteiger partial charge in [-0.05, 0) is 30.3 Å². The van der Waals surface area contributed by atoms with E-state index in [1.807, 2.05) is 6.07 Å². The normalized spacial score (nSPS) is 9.80. The van der Waals surface area contributed by atoms with Crippen LogP contribution in [0.4, 0.5) is 0 Å². The van der Waals surface area contributed by atoms with E-state index < -0.39 is 11.8 Å². The monoisotopic (exact) mass is 201 g/mol. The number of aliphatic carboxylic acids is 1. The smallest absolute Gasteiger partial charge is 0.328 e. The number of hydrogen-bond donors (Lipinski definition) is 1. The Kier molecular flexibility index (Phi) is 3.36. The van der Waals surface area contributed by atoms with Crippen LogP contribution in [0.5, 0.6) is 0 Å². The van der Waals surface area contributed by atoms with Gasteiger partial charge in [-0.25, -0.2) is 4.79 Å². The van der Waals surface area contributed by atoms with Gasteiger partial charge in [-0.2, -0.15) is 5.26 Å². The van der Waals surface area contributed by atoms with Crippen molar-refractivity contribution in [2.24, 2.45) is 0 Å². The molecule has 0 aliphatic carbocycles. The summed E-state index contributed by atoms with van der Waals surface area (Å²) in [5.41, 5.74) is 0.806. The number of carbonyl (C=O) groups excluding carboxylic acids is 1. The molecule has 0 atom stereocenters. The summed E-state index contributed by atoms with van der Waals surface area (Å²) in [5.74, 6) is -1.57. The first kappa shape index (κ1) is 10.7. The van der Waals surface area contributed by atoms with Crippen molar-refractivity contribution < 1.29 is 14.7 Å². The molecule has 4 heteroatoms. The molecule has 1 aromatic rings. The summed E-state index contributed by atoms with van der Waals surface area (Å²) in [6.45, 7) is 0. The highest BCUT2D eigenvalue weighted by molar-refractivity contribution is 6.06. The van der Waals surface area contributed by atoms with Crippen molar-refractivity contribution in [2.75, 3.05) is 0 Å². The Morgan fingerprint density at radius 1 is 1.20 bits per heavy atom. The van der Waals surface area contributed by atoms with Gasteiger partial charge in [-0.3, -0.25) is 4.79 Å². The molecule has 0 heterocycles. The van der Waals surface area contributed by atoms with E-state index in [-0.39, 0.29) is 0 Å². The van der Waals surface area contributed by atoms with E-state index in [2.05, 4.69) is 0 Å². The summed E-state index contributed by atoms with van der Waals surface area (Å²) in [5, 5.41) is 16.8. The minimum absolute atomic E-state index is 0.353. The molecule has 1 aromatic carbocycles. The van der Waals surface area contributed by atoms with Gasteiger partial charge in [0.15, 0.2) is 5.78 Å². The predicted octanol–water partition coefficient (Wildman–Crippen LogP) is 1.38. The van der Waals surface area contributed by atoms with E-state index >= 15 is 0 Å². The topological polar surface area (TPSA) is 78.2 Å². The molecule has 0 unspecified atom stereocenters. The molecule has 0 aromatic heterocycles. The third-order valence-corrected chi connectivity index (χ3v) is 1.68. The Labute approximate surface area is 86.1 Å². The van der Waals surface area contributed by atoms with E-state index in [0.29, 0.717) is 11.1 Å². The van der Waals surface area contributed by atoms with Gasteiger partial charge >= 0.3 is 5.97 Å². The molecule has 1 rings (SSSR count). The Morgan fingerprint density at radius 3 is 2.27 bits per heavy atom. The van der Waals surface area contributed by atoms with Gasteiger partial charge < -0.3 is 5.11 Å². The fraction of sp³-hybridized carbons (Fsp3) is 0. The highest BCUT2D eigenvalue weighted by atomic mass is 16.4. The van der Waals surface area contributed by atoms with E-state index in [1.54, 1.807) is 0 Å². The third-order valence-electron chi connectivity index (χ3n) is 1.68. The minimum Gasteiger partial charge on any atom is -0.478 e. The first-order valence-corrected chi connectivity index (χ1v) is 4.09. The van der Waals surface area contributed by atoms with Gasteiger partial charge in [-0.15, -0.1) is 0 Å². The maximum atomic E-state index is 11.3. The van der Waals surface area contributed by atoms with Crippen LogP contribution in [-0.4, -0.2) is 16.9 Å². The highest BCUT2D eigenvalue weighted by Crippen LogP contribution is 2.04. The summed E-state index contributed by atoms with van der Waals surface area (Å²) < 4.78 is 0. The Balaban J connectivity index is 2.84. The van der Waals surface area contributed by atoms with Crippen molar-refractivity contribution in [3.63, 3.8) is 0 Å². The molecule has 0 bridgehead atoms. The number of nitrogens with zero attached hydrogens (tertiary/aromatic N) is 1. The quantitative estimate of drug-likeness (QED) is 0.591. The molecule has 0 spiro atoms. The fourth-order valence-corrected chi connectivity index (χ4v) is 0.952. The van der Waals surface area contributed by atoms with Crippen molar-refractivity contribution in [3.8, 4) is 6.07 Å². The lowest BCUT2D eigenvalue weighted by molar-refractivity contribution is -0.131. The van der Waals surface area contributed by atoms with Crippen molar-refractivity contribution in [3.05, 3.63) is 47.5 Å². The molecule has 0 aliphatic rings. The lowest BCUT2D eigenvalue weighted by Gasteiger charge is -1.94. The summed E-state index contributed by atoms with van der Waals surface area (Å²) in [4.78, 5) is 21.5. The highest BCUT2D eigenvalue weighted by Gasteiger charge is 2.01. The van der Waals surface area contributed by atoms with Gasteiger partial charge in [0.05, 0.1) is 11.6 Å². The Morgan fingerprint density at radius 2 is 1.80 bits per heavy atom. The molecular formula is C11H7NO3. The molecule has 0 saturated carbocycles. The SMILES string of the molecule is N#Cc1ccc(C(=O)C=CC(=O)O)cc1. The van der Waals surface area contributed by atoms with Crippen molar-refractivity contribution >= 4 is 11.8 Å². The van der Waals surface area contributed by atoms with Gasteiger partial charge in [0, 0.05) is 11.6 Å². The Hall–Kier alpha value is -2.41. The van der Waals surface area contributed by atoms with Crippen LogP contribution < -0.4 is 0 Å². The standard InChI is InChI=1S/C11H7NO3/c12-7-8-1-3-9(4-2-8)10(13)5-6-11(14)15/h1-6H,(H,14,15). The van der Waals surface area contributed by atoms with Crippen LogP contribution in [0.2, 0.25) is 0 Å². The van der Waals surface area contributed by atoms with E-state index in [9.17, 15) is 9.59 Å². The second-order valence-corrected chi connectivity index (χ2v) is 2.72. The van der Waals surface area contributed by atoms with Crippen LogP contribution in [0, 0.1) is 11.3 Å². The summed E-state index contributed by atoms with van der Waals surface area (Å²) in [6.07, 6.45) is 1.75. The maximum absolute atomic E-state index is 11.3. The molecule has 0 radical (unpaired) electrons. The predicted molar refractivity (Wildman–Crippen MR) is 52.3 cm³/mol. The van der Waals surface area contributed by atoms with Crippen LogP contribution in [0.15, 0.2) is 36.4 Å². The minimum atomic E-state index is -1.17. The maximum Gasteiger partial charge on any atom is 0.328 e. The molecule has 0 fully saturated rings. The van der Waals surface area contributed by atoms with Crippen LogP contribution in [0.3, 0.4) is 0 Å². The van der Waals surface area contributed by atoms with Gasteiger partial charge in [0.2, 0.25) is 0 Å². The van der Waals surface area contributed by atoms with E-state index in [4.69, 9.17) is 10.4 Å². The van der Waals surface area contributed by atoms with Crippen molar-refractivity contribution in [1.82, 2.24) is 0 Å². The lowest BCUT2D eigenvalue weighted by Crippen LogP contribution is -1.96. The number of rotatable bonds is 3. The lowest BCUT2D eigenvalue weighted by atomic mass is 10.1. The number of carboxylic acids is 1. The molecule has 15 heavy (non-hydrogen) atoms. The second-order valence-electron chi connectivity index (χ2n) is 2.72. The summed E-state index contributed by atoms with van der Waals surface area (Å²) in [6, 6.07) is 7.88. The number of carbonyl (C=O) groups is 2. The van der Waals surface area contributed by atoms with Crippen LogP contribution in [0.1, 0.15) is 15.9 Å². The van der Waals surface area contributed by atoms with Gasteiger partial charge in [0.1, 0.15) is 0 Å². The molecule has 0 aliphatic heterocycles. The van der Waals surface area contributed by atoms with Crippen molar-refractivity contribution in [1.29, 1.82) is 5.26 Å². The van der Waals surface area contributed by atoms with Gasteiger partial charge in [-0.1, -0.05) is 0 Å². The number of hydrogen-bond acceptors (Lipinski definition) is 3. The zero-order valence-electron chi connectivity index (χ0n) is 7.68. The number of benzene rings is 1. The zero-order chi connectivity index (χ0) is 11.3. The molecule has 1 N–H and O–H groups in total. The summed E-state index contributed by atoms with van der Waals surface area (Å²) >= 11 is 0. The first-order chi connectivity index (χ1) is 7.13. The van der Waals surface area contributed by atoms with Crippen LogP contribution >= 0.6 is 0 Å². The average molecular weight is 201 g/mol. The third kappa shape index (κ3) is 3.08. The second kappa shape index (κ2) is 4.72. The van der Waals surface area contributed by atoms with Crippen LogP contribution in [-0.2, 0) is 4.79 Å². The molecule has 74 valence electrons. The van der Waals surface area contributed by atoms with Gasteiger partial charge in [0.25, 0.3) is 0 Å². The molecule has 4 nitrogen and oxygen atoms in total. The van der Waals surface area contributed by atoms with E-state index in [1.165, 1.54) is 24.3 Å². The Bertz CT molecular complexity index is 452. The van der Waals surface area contributed by atoms with Crippen LogP contribution in [0.25, 0.3) is 0 Å². The first-order valence-electron chi connectivity index (χ1n) is 4.09. The van der Waals surface area contributed by atoms with E-state index in [0.717, 1.165) is 12.2 Å². The average Bonchev–Trinajstić information content (AvgIpc) is 2.26. The molecule has 0 saturated heterocycles. The number of nitriles is 1. The zero-order valence-corrected chi connectivity index (χ0v) is 7.68.